The van der Waals surface area contributed by atoms with E-state index in [1.54, 1.807) is 37.4 Å². The van der Waals surface area contributed by atoms with E-state index in [2.05, 4.69) is 10.6 Å². The van der Waals surface area contributed by atoms with Crippen LogP contribution in [0.25, 0.3) is 0 Å². The van der Waals surface area contributed by atoms with Gasteiger partial charge in [0.2, 0.25) is 0 Å². The molecule has 0 aromatic heterocycles. The standard InChI is InChI=1S/C15H15Cl2N3O2S/c1-21-13-7-14(22-2)12(6-10(13)17)20-15(23)19-11-4-3-8(18)5-9(11)16/h3-7H,18H2,1-2H3,(H2,19,20,23). The summed E-state index contributed by atoms with van der Waals surface area (Å²) in [5.41, 5.74) is 7.47. The predicted molar refractivity (Wildman–Crippen MR) is 100 cm³/mol. The first-order valence-corrected chi connectivity index (χ1v) is 7.65. The summed E-state index contributed by atoms with van der Waals surface area (Å²) in [5, 5.41) is 7.23. The SMILES string of the molecule is COc1cc(OC)c(NC(=S)Nc2ccc(N)cc2Cl)cc1Cl. The van der Waals surface area contributed by atoms with Crippen LogP contribution in [0.15, 0.2) is 30.3 Å². The second-order valence-electron chi connectivity index (χ2n) is 4.51. The number of hydrogen-bond donors (Lipinski definition) is 3. The number of hydrogen-bond acceptors (Lipinski definition) is 4. The van der Waals surface area contributed by atoms with Crippen LogP contribution in [0.2, 0.25) is 10.0 Å². The van der Waals surface area contributed by atoms with E-state index >= 15 is 0 Å². The highest BCUT2D eigenvalue weighted by molar-refractivity contribution is 7.80. The average Bonchev–Trinajstić information content (AvgIpc) is 2.50. The van der Waals surface area contributed by atoms with Crippen molar-refractivity contribution < 1.29 is 9.47 Å². The average molecular weight is 372 g/mol. The van der Waals surface area contributed by atoms with Gasteiger partial charge in [0.05, 0.1) is 35.6 Å². The lowest BCUT2D eigenvalue weighted by atomic mass is 10.2. The summed E-state index contributed by atoms with van der Waals surface area (Å²) in [6.07, 6.45) is 0. The molecule has 2 aromatic rings. The van der Waals surface area contributed by atoms with Crippen molar-refractivity contribution in [3.8, 4) is 11.5 Å². The van der Waals surface area contributed by atoms with Gasteiger partial charge in [-0.05, 0) is 36.5 Å². The Bertz CT molecular complexity index is 741. The molecule has 0 fully saturated rings. The minimum Gasteiger partial charge on any atom is -0.495 e. The lowest BCUT2D eigenvalue weighted by molar-refractivity contribution is 0.396. The maximum atomic E-state index is 6.13. The molecule has 0 aliphatic rings. The van der Waals surface area contributed by atoms with Gasteiger partial charge in [-0.2, -0.15) is 0 Å². The maximum absolute atomic E-state index is 6.13. The molecule has 0 saturated heterocycles. The Hall–Kier alpha value is -1.89. The van der Waals surface area contributed by atoms with E-state index in [4.69, 9.17) is 50.6 Å². The maximum Gasteiger partial charge on any atom is 0.175 e. The number of benzene rings is 2. The molecule has 4 N–H and O–H groups in total. The third-order valence-electron chi connectivity index (χ3n) is 2.96. The molecule has 2 rings (SSSR count). The summed E-state index contributed by atoms with van der Waals surface area (Å²) >= 11 is 17.5. The minimum atomic E-state index is 0.330. The molecule has 2 aromatic carbocycles. The van der Waals surface area contributed by atoms with Crippen LogP contribution in [0.5, 0.6) is 11.5 Å². The van der Waals surface area contributed by atoms with Crippen LogP contribution in [0.3, 0.4) is 0 Å². The minimum absolute atomic E-state index is 0.330. The number of nitrogens with one attached hydrogen (secondary N) is 2. The Morgan fingerprint density at radius 2 is 1.61 bits per heavy atom. The molecule has 0 aliphatic heterocycles. The highest BCUT2D eigenvalue weighted by Crippen LogP contribution is 2.36. The lowest BCUT2D eigenvalue weighted by Gasteiger charge is -2.16. The number of halogens is 2. The van der Waals surface area contributed by atoms with Gasteiger partial charge in [-0.3, -0.25) is 0 Å². The van der Waals surface area contributed by atoms with Crippen molar-refractivity contribution in [2.24, 2.45) is 0 Å². The molecule has 0 radical (unpaired) electrons. The van der Waals surface area contributed by atoms with Gasteiger partial charge in [0.25, 0.3) is 0 Å². The van der Waals surface area contributed by atoms with E-state index in [0.717, 1.165) is 0 Å². The van der Waals surface area contributed by atoms with Crippen molar-refractivity contribution in [1.29, 1.82) is 0 Å². The lowest BCUT2D eigenvalue weighted by Crippen LogP contribution is -2.19. The zero-order chi connectivity index (χ0) is 17.0. The highest BCUT2D eigenvalue weighted by atomic mass is 35.5. The van der Waals surface area contributed by atoms with Gasteiger partial charge in [0.15, 0.2) is 5.11 Å². The monoisotopic (exact) mass is 371 g/mol. The van der Waals surface area contributed by atoms with Gasteiger partial charge in [-0.15, -0.1) is 0 Å². The van der Waals surface area contributed by atoms with Crippen LogP contribution in [-0.2, 0) is 0 Å². The molecular weight excluding hydrogens is 357 g/mol. The van der Waals surface area contributed by atoms with E-state index in [1.165, 1.54) is 7.11 Å². The fraction of sp³-hybridized carbons (Fsp3) is 0.133. The van der Waals surface area contributed by atoms with E-state index in [9.17, 15) is 0 Å². The number of nitrogen functional groups attached to an aromatic ring is 1. The van der Waals surface area contributed by atoms with Gasteiger partial charge in [-0.1, -0.05) is 23.2 Å². The van der Waals surface area contributed by atoms with Crippen LogP contribution in [0.1, 0.15) is 0 Å². The molecule has 5 nitrogen and oxygen atoms in total. The molecule has 8 heteroatoms. The first-order chi connectivity index (χ1) is 10.9. The number of ether oxygens (including phenoxy) is 2. The molecule has 0 unspecified atom stereocenters. The third kappa shape index (κ3) is 4.31. The zero-order valence-corrected chi connectivity index (χ0v) is 14.8. The Balaban J connectivity index is 2.18. The van der Waals surface area contributed by atoms with Crippen LogP contribution in [-0.4, -0.2) is 19.3 Å². The summed E-state index contributed by atoms with van der Waals surface area (Å²) in [4.78, 5) is 0. The molecule has 0 aliphatic carbocycles. The quantitative estimate of drug-likeness (QED) is 0.546. The summed E-state index contributed by atoms with van der Waals surface area (Å²) in [7, 11) is 3.07. The van der Waals surface area contributed by atoms with Crippen LogP contribution in [0.4, 0.5) is 17.1 Å². The molecule has 122 valence electrons. The number of anilines is 3. The number of nitrogens with two attached hydrogens (primary N) is 1. The molecule has 0 amide bonds. The first-order valence-electron chi connectivity index (χ1n) is 6.49. The number of methoxy groups -OCH3 is 2. The molecule has 0 atom stereocenters. The van der Waals surface area contributed by atoms with Gasteiger partial charge in [-0.25, -0.2) is 0 Å². The number of rotatable bonds is 4. The van der Waals surface area contributed by atoms with Gasteiger partial charge in [0, 0.05) is 11.8 Å². The third-order valence-corrected chi connectivity index (χ3v) is 3.78. The largest absolute Gasteiger partial charge is 0.495 e. The fourth-order valence-corrected chi connectivity index (χ4v) is 2.56. The van der Waals surface area contributed by atoms with E-state index < -0.39 is 0 Å². The van der Waals surface area contributed by atoms with Crippen LogP contribution >= 0.6 is 35.4 Å². The molecule has 0 heterocycles. The summed E-state index contributed by atoms with van der Waals surface area (Å²) in [5.74, 6) is 1.05. The molecular formula is C15H15Cl2N3O2S. The van der Waals surface area contributed by atoms with Crippen molar-refractivity contribution in [3.63, 3.8) is 0 Å². The molecule has 0 spiro atoms. The molecule has 0 bridgehead atoms. The summed E-state index contributed by atoms with van der Waals surface area (Å²) in [6.45, 7) is 0. The Labute approximate surface area is 149 Å². The van der Waals surface area contributed by atoms with E-state index in [0.29, 0.717) is 43.7 Å². The van der Waals surface area contributed by atoms with Gasteiger partial charge < -0.3 is 25.8 Å². The smallest absolute Gasteiger partial charge is 0.175 e. The zero-order valence-electron chi connectivity index (χ0n) is 12.4. The van der Waals surface area contributed by atoms with Crippen LogP contribution < -0.4 is 25.8 Å². The predicted octanol–water partition coefficient (Wildman–Crippen LogP) is 4.40. The normalized spacial score (nSPS) is 10.1. The van der Waals surface area contributed by atoms with Gasteiger partial charge >= 0.3 is 0 Å². The van der Waals surface area contributed by atoms with Crippen molar-refractivity contribution in [2.45, 2.75) is 0 Å². The highest BCUT2D eigenvalue weighted by Gasteiger charge is 2.12. The fourth-order valence-electron chi connectivity index (χ4n) is 1.87. The summed E-state index contributed by atoms with van der Waals surface area (Å²) in [6, 6.07) is 8.43. The van der Waals surface area contributed by atoms with E-state index in [-0.39, 0.29) is 0 Å². The second-order valence-corrected chi connectivity index (χ2v) is 5.73. The number of thiocarbonyl (C=S) groups is 1. The topological polar surface area (TPSA) is 68.5 Å². The second kappa shape index (κ2) is 7.59. The van der Waals surface area contributed by atoms with Crippen molar-refractivity contribution >= 4 is 57.6 Å². The first kappa shape index (κ1) is 17.5. The summed E-state index contributed by atoms with van der Waals surface area (Å²) < 4.78 is 10.5. The van der Waals surface area contributed by atoms with E-state index in [1.807, 2.05) is 0 Å². The van der Waals surface area contributed by atoms with Crippen molar-refractivity contribution in [1.82, 2.24) is 0 Å². The Morgan fingerprint density at radius 3 is 2.22 bits per heavy atom. The Kier molecular flexibility index (Phi) is 5.76. The molecule has 0 saturated carbocycles. The van der Waals surface area contributed by atoms with Gasteiger partial charge in [0.1, 0.15) is 11.5 Å². The molecule has 23 heavy (non-hydrogen) atoms. The van der Waals surface area contributed by atoms with Crippen molar-refractivity contribution in [2.75, 3.05) is 30.6 Å². The van der Waals surface area contributed by atoms with Crippen molar-refractivity contribution in [3.05, 3.63) is 40.4 Å². The Morgan fingerprint density at radius 1 is 0.957 bits per heavy atom. The van der Waals surface area contributed by atoms with Crippen LogP contribution in [0, 0.1) is 0 Å².